The van der Waals surface area contributed by atoms with Gasteiger partial charge in [-0.2, -0.15) is 5.26 Å². The van der Waals surface area contributed by atoms with Gasteiger partial charge in [-0.1, -0.05) is 12.1 Å². The predicted molar refractivity (Wildman–Crippen MR) is 75.1 cm³/mol. The second-order valence-electron chi connectivity index (χ2n) is 4.02. The second kappa shape index (κ2) is 5.09. The van der Waals surface area contributed by atoms with Crippen LogP contribution in [0.1, 0.15) is 9.75 Å². The molecule has 92 valence electrons. The maximum atomic E-state index is 8.79. The van der Waals surface area contributed by atoms with E-state index in [1.165, 1.54) is 11.3 Å². The molecule has 0 amide bonds. The Morgan fingerprint density at radius 3 is 3.00 bits per heavy atom. The number of fused-ring (bicyclic) bond motifs is 1. The Morgan fingerprint density at radius 2 is 2.16 bits per heavy atom. The third kappa shape index (κ3) is 2.42. The maximum absolute atomic E-state index is 8.79. The fourth-order valence-electron chi connectivity index (χ4n) is 1.88. The van der Waals surface area contributed by atoms with Gasteiger partial charge in [0.2, 0.25) is 0 Å². The first-order valence-corrected chi connectivity index (χ1v) is 6.63. The third-order valence-electron chi connectivity index (χ3n) is 2.78. The zero-order chi connectivity index (χ0) is 13.1. The normalized spacial score (nSPS) is 10.3. The molecule has 0 aliphatic carbocycles. The molecule has 0 radical (unpaired) electrons. The molecule has 0 aliphatic rings. The van der Waals surface area contributed by atoms with Crippen LogP contribution in [0.3, 0.4) is 0 Å². The largest absolute Gasteiger partial charge is 0.487 e. The lowest BCUT2D eigenvalue weighted by Gasteiger charge is -2.07. The molecular formula is C15H10N2OS. The Kier molecular flexibility index (Phi) is 3.13. The van der Waals surface area contributed by atoms with Crippen LogP contribution in [-0.2, 0) is 6.61 Å². The number of pyridine rings is 1. The summed E-state index contributed by atoms with van der Waals surface area (Å²) in [5.74, 6) is 0.840. The van der Waals surface area contributed by atoms with E-state index in [-0.39, 0.29) is 0 Å². The zero-order valence-electron chi connectivity index (χ0n) is 10.0. The van der Waals surface area contributed by atoms with E-state index in [0.29, 0.717) is 11.5 Å². The Labute approximate surface area is 114 Å². The van der Waals surface area contributed by atoms with Crippen LogP contribution < -0.4 is 4.74 Å². The van der Waals surface area contributed by atoms with Crippen molar-refractivity contribution in [2.45, 2.75) is 6.61 Å². The Morgan fingerprint density at radius 1 is 1.21 bits per heavy atom. The Balaban J connectivity index is 1.84. The number of hydrogen-bond donors (Lipinski definition) is 0. The predicted octanol–water partition coefficient (Wildman–Crippen LogP) is 3.75. The highest BCUT2D eigenvalue weighted by molar-refractivity contribution is 7.12. The highest BCUT2D eigenvalue weighted by Crippen LogP contribution is 2.26. The van der Waals surface area contributed by atoms with Crippen molar-refractivity contribution in [3.63, 3.8) is 0 Å². The molecule has 0 saturated heterocycles. The summed E-state index contributed by atoms with van der Waals surface area (Å²) >= 11 is 1.46. The van der Waals surface area contributed by atoms with E-state index in [2.05, 4.69) is 11.1 Å². The van der Waals surface area contributed by atoms with Gasteiger partial charge in [0.1, 0.15) is 23.3 Å². The fraction of sp³-hybridized carbons (Fsp3) is 0.0667. The summed E-state index contributed by atoms with van der Waals surface area (Å²) < 4.78 is 5.84. The van der Waals surface area contributed by atoms with Gasteiger partial charge >= 0.3 is 0 Å². The molecule has 0 aliphatic heterocycles. The van der Waals surface area contributed by atoms with Crippen molar-refractivity contribution in [2.24, 2.45) is 0 Å². The molecule has 0 N–H and O–H groups in total. The summed E-state index contributed by atoms with van der Waals surface area (Å²) in [4.78, 5) is 5.85. The summed E-state index contributed by atoms with van der Waals surface area (Å²) in [7, 11) is 0. The van der Waals surface area contributed by atoms with Gasteiger partial charge in [-0.15, -0.1) is 11.3 Å². The van der Waals surface area contributed by atoms with E-state index in [1.54, 1.807) is 6.20 Å². The van der Waals surface area contributed by atoms with E-state index in [4.69, 9.17) is 10.00 Å². The lowest BCUT2D eigenvalue weighted by atomic mass is 10.1. The minimum absolute atomic E-state index is 0.480. The summed E-state index contributed by atoms with van der Waals surface area (Å²) in [6.45, 7) is 0.480. The molecule has 0 fully saturated rings. The van der Waals surface area contributed by atoms with E-state index < -0.39 is 0 Å². The topological polar surface area (TPSA) is 45.9 Å². The Hall–Kier alpha value is -2.38. The summed E-state index contributed by atoms with van der Waals surface area (Å²) in [5.41, 5.74) is 0. The molecule has 0 bridgehead atoms. The SMILES string of the molecule is N#Cc1ccc(COc2cccc3cnccc23)s1. The van der Waals surface area contributed by atoms with Crippen LogP contribution >= 0.6 is 11.3 Å². The average Bonchev–Trinajstić information content (AvgIpc) is 2.93. The van der Waals surface area contributed by atoms with Crippen LogP contribution in [0.5, 0.6) is 5.75 Å². The van der Waals surface area contributed by atoms with Gasteiger partial charge in [0.15, 0.2) is 0 Å². The van der Waals surface area contributed by atoms with E-state index in [0.717, 1.165) is 21.4 Å². The molecular weight excluding hydrogens is 256 g/mol. The van der Waals surface area contributed by atoms with Crippen molar-refractivity contribution in [3.05, 3.63) is 58.5 Å². The zero-order valence-corrected chi connectivity index (χ0v) is 10.9. The highest BCUT2D eigenvalue weighted by atomic mass is 32.1. The maximum Gasteiger partial charge on any atom is 0.127 e. The molecule has 0 atom stereocenters. The van der Waals surface area contributed by atoms with E-state index in [1.807, 2.05) is 42.6 Å². The van der Waals surface area contributed by atoms with E-state index in [9.17, 15) is 0 Å². The van der Waals surface area contributed by atoms with Crippen molar-refractivity contribution in [2.75, 3.05) is 0 Å². The minimum Gasteiger partial charge on any atom is -0.487 e. The van der Waals surface area contributed by atoms with Gasteiger partial charge in [0, 0.05) is 28.0 Å². The molecule has 3 rings (SSSR count). The second-order valence-corrected chi connectivity index (χ2v) is 5.19. The number of hydrogen-bond acceptors (Lipinski definition) is 4. The first-order valence-electron chi connectivity index (χ1n) is 5.81. The number of aromatic nitrogens is 1. The summed E-state index contributed by atoms with van der Waals surface area (Å²) in [6.07, 6.45) is 3.58. The number of thiophene rings is 1. The molecule has 19 heavy (non-hydrogen) atoms. The average molecular weight is 266 g/mol. The van der Waals surface area contributed by atoms with Crippen molar-refractivity contribution in [1.29, 1.82) is 5.26 Å². The lowest BCUT2D eigenvalue weighted by Crippen LogP contribution is -1.93. The van der Waals surface area contributed by atoms with Crippen LogP contribution in [0, 0.1) is 11.3 Å². The van der Waals surface area contributed by atoms with Gasteiger partial charge in [0.25, 0.3) is 0 Å². The summed E-state index contributed by atoms with van der Waals surface area (Å²) in [5, 5.41) is 10.9. The molecule has 0 spiro atoms. The molecule has 3 aromatic rings. The van der Waals surface area contributed by atoms with Crippen molar-refractivity contribution in [1.82, 2.24) is 4.98 Å². The van der Waals surface area contributed by atoms with Crippen LogP contribution in [0.25, 0.3) is 10.8 Å². The van der Waals surface area contributed by atoms with E-state index >= 15 is 0 Å². The first kappa shape index (κ1) is 11.7. The standard InChI is InChI=1S/C15H10N2OS/c16-8-12-4-5-13(19-12)10-18-15-3-1-2-11-9-17-7-6-14(11)15/h1-7,9H,10H2. The number of nitriles is 1. The molecule has 2 aromatic heterocycles. The van der Waals surface area contributed by atoms with Crippen molar-refractivity contribution >= 4 is 22.1 Å². The molecule has 4 heteroatoms. The quantitative estimate of drug-likeness (QED) is 0.725. The molecule has 1 aromatic carbocycles. The highest BCUT2D eigenvalue weighted by Gasteiger charge is 2.04. The summed E-state index contributed by atoms with van der Waals surface area (Å²) in [6, 6.07) is 13.7. The molecule has 2 heterocycles. The lowest BCUT2D eigenvalue weighted by molar-refractivity contribution is 0.313. The number of ether oxygens (including phenoxy) is 1. The minimum atomic E-state index is 0.480. The van der Waals surface area contributed by atoms with Crippen LogP contribution in [0.4, 0.5) is 0 Å². The fourth-order valence-corrected chi connectivity index (χ4v) is 2.60. The number of benzene rings is 1. The molecule has 3 nitrogen and oxygen atoms in total. The first-order chi connectivity index (χ1) is 9.36. The molecule has 0 saturated carbocycles. The van der Waals surface area contributed by atoms with Crippen LogP contribution in [-0.4, -0.2) is 4.98 Å². The van der Waals surface area contributed by atoms with Gasteiger partial charge in [-0.25, -0.2) is 0 Å². The van der Waals surface area contributed by atoms with Crippen LogP contribution in [0.15, 0.2) is 48.8 Å². The number of rotatable bonds is 3. The monoisotopic (exact) mass is 266 g/mol. The third-order valence-corrected chi connectivity index (χ3v) is 3.75. The van der Waals surface area contributed by atoms with Gasteiger partial charge in [-0.3, -0.25) is 4.98 Å². The smallest absolute Gasteiger partial charge is 0.127 e. The van der Waals surface area contributed by atoms with Crippen LogP contribution in [0.2, 0.25) is 0 Å². The molecule has 0 unspecified atom stereocenters. The van der Waals surface area contributed by atoms with Gasteiger partial charge in [-0.05, 0) is 24.3 Å². The van der Waals surface area contributed by atoms with Gasteiger partial charge in [0.05, 0.1) is 0 Å². The van der Waals surface area contributed by atoms with Crippen molar-refractivity contribution < 1.29 is 4.74 Å². The van der Waals surface area contributed by atoms with Crippen molar-refractivity contribution in [3.8, 4) is 11.8 Å². The Bertz CT molecular complexity index is 753. The number of nitrogens with zero attached hydrogens (tertiary/aromatic N) is 2. The van der Waals surface area contributed by atoms with Gasteiger partial charge < -0.3 is 4.74 Å².